The third kappa shape index (κ3) is 5.98. The van der Waals surface area contributed by atoms with E-state index in [0.29, 0.717) is 5.69 Å². The van der Waals surface area contributed by atoms with Crippen LogP contribution in [0.25, 0.3) is 0 Å². The number of halogens is 5. The number of hydrogen-bond acceptors (Lipinski definition) is 5. The molecule has 2 aromatic heterocycles. The van der Waals surface area contributed by atoms with Crippen LogP contribution in [0.2, 0.25) is 0 Å². The number of aromatic nitrogens is 2. The molecule has 6 nitrogen and oxygen atoms in total. The van der Waals surface area contributed by atoms with Crippen molar-refractivity contribution < 1.29 is 36.3 Å². The molecule has 1 fully saturated rings. The molecule has 0 bridgehead atoms. The van der Waals surface area contributed by atoms with Crippen LogP contribution in [0.5, 0.6) is 5.88 Å². The second-order valence-electron chi connectivity index (χ2n) is 7.57. The minimum atomic E-state index is -5.74. The van der Waals surface area contributed by atoms with E-state index in [1.165, 1.54) is 6.07 Å². The van der Waals surface area contributed by atoms with Gasteiger partial charge in [-0.3, -0.25) is 14.6 Å². The van der Waals surface area contributed by atoms with Crippen LogP contribution in [-0.2, 0) is 11.2 Å². The van der Waals surface area contributed by atoms with Crippen LogP contribution < -0.4 is 10.1 Å². The van der Waals surface area contributed by atoms with E-state index in [-0.39, 0.29) is 23.7 Å². The maximum absolute atomic E-state index is 12.9. The van der Waals surface area contributed by atoms with Crippen LogP contribution in [0.3, 0.4) is 0 Å². The minimum absolute atomic E-state index is 0.0602. The first-order valence-corrected chi connectivity index (χ1v) is 9.78. The van der Waals surface area contributed by atoms with E-state index in [1.54, 1.807) is 25.3 Å². The number of carbonyl (C=O) groups excluding carboxylic acids is 2. The zero-order valence-electron chi connectivity index (χ0n) is 17.0. The van der Waals surface area contributed by atoms with Crippen molar-refractivity contribution in [3.8, 4) is 5.88 Å². The Balaban J connectivity index is 1.56. The summed E-state index contributed by atoms with van der Waals surface area (Å²) in [6.07, 6.45) is -1.12. The third-order valence-corrected chi connectivity index (χ3v) is 4.89. The summed E-state index contributed by atoms with van der Waals surface area (Å²) < 4.78 is 66.7. The van der Waals surface area contributed by atoms with Gasteiger partial charge < -0.3 is 10.1 Å². The molecule has 172 valence electrons. The molecule has 0 saturated heterocycles. The average Bonchev–Trinajstić information content (AvgIpc) is 3.57. The van der Waals surface area contributed by atoms with E-state index in [4.69, 9.17) is 0 Å². The average molecular weight is 457 g/mol. The van der Waals surface area contributed by atoms with E-state index in [0.717, 1.165) is 30.7 Å². The number of hydrogen-bond donors (Lipinski definition) is 1. The van der Waals surface area contributed by atoms with E-state index in [9.17, 15) is 31.5 Å². The number of nitrogens with zero attached hydrogens (tertiary/aromatic N) is 2. The normalized spacial score (nSPS) is 15.2. The molecular weight excluding hydrogens is 437 g/mol. The summed E-state index contributed by atoms with van der Waals surface area (Å²) >= 11 is 0. The zero-order chi connectivity index (χ0) is 23.5. The Morgan fingerprint density at radius 2 is 1.88 bits per heavy atom. The van der Waals surface area contributed by atoms with E-state index >= 15 is 0 Å². The van der Waals surface area contributed by atoms with Gasteiger partial charge in [-0.25, -0.2) is 4.98 Å². The molecule has 11 heteroatoms. The lowest BCUT2D eigenvalue weighted by Gasteiger charge is -2.19. The van der Waals surface area contributed by atoms with Crippen molar-refractivity contribution in [1.29, 1.82) is 0 Å². The van der Waals surface area contributed by atoms with Gasteiger partial charge in [-0.1, -0.05) is 0 Å². The highest BCUT2D eigenvalue weighted by Gasteiger charge is 2.58. The van der Waals surface area contributed by atoms with Crippen molar-refractivity contribution in [3.63, 3.8) is 0 Å². The molecule has 0 radical (unpaired) electrons. The number of ether oxygens (including phenoxy) is 1. The van der Waals surface area contributed by atoms with E-state index in [2.05, 4.69) is 20.0 Å². The zero-order valence-corrected chi connectivity index (χ0v) is 17.0. The summed E-state index contributed by atoms with van der Waals surface area (Å²) in [5.41, 5.74) is 1.40. The summed E-state index contributed by atoms with van der Waals surface area (Å²) in [6.45, 7) is -0.191. The van der Waals surface area contributed by atoms with Gasteiger partial charge in [0.25, 0.3) is 5.91 Å². The van der Waals surface area contributed by atoms with Crippen molar-refractivity contribution in [2.24, 2.45) is 5.92 Å². The van der Waals surface area contributed by atoms with E-state index < -0.39 is 36.5 Å². The number of Topliss-reactive ketones (excluding diaryl/α,β-unsaturated/α-hetero) is 1. The van der Waals surface area contributed by atoms with Gasteiger partial charge in [-0.15, -0.1) is 0 Å². The topological polar surface area (TPSA) is 81.2 Å². The van der Waals surface area contributed by atoms with Crippen molar-refractivity contribution >= 4 is 11.7 Å². The number of amides is 1. The van der Waals surface area contributed by atoms with Gasteiger partial charge in [0.2, 0.25) is 5.88 Å². The summed E-state index contributed by atoms with van der Waals surface area (Å²) in [6, 6.07) is 5.22. The van der Waals surface area contributed by atoms with Crippen LogP contribution in [-0.4, -0.2) is 40.4 Å². The predicted molar refractivity (Wildman–Crippen MR) is 102 cm³/mol. The Kier molecular flexibility index (Phi) is 6.75. The Hall–Kier alpha value is -3.11. The molecule has 0 aliphatic heterocycles. The molecule has 1 saturated carbocycles. The fourth-order valence-corrected chi connectivity index (χ4v) is 2.80. The lowest BCUT2D eigenvalue weighted by Crippen LogP contribution is -2.41. The van der Waals surface area contributed by atoms with Crippen LogP contribution in [0.15, 0.2) is 36.7 Å². The number of ketones is 1. The molecule has 1 unspecified atom stereocenters. The van der Waals surface area contributed by atoms with Crippen molar-refractivity contribution in [2.75, 3.05) is 6.61 Å². The second kappa shape index (κ2) is 9.17. The molecule has 2 aromatic rings. The summed E-state index contributed by atoms with van der Waals surface area (Å²) in [5.74, 6) is -5.76. The maximum atomic E-state index is 12.9. The summed E-state index contributed by atoms with van der Waals surface area (Å²) in [5, 5.41) is 2.72. The first kappa shape index (κ1) is 23.6. The van der Waals surface area contributed by atoms with Crippen molar-refractivity contribution in [2.45, 2.75) is 44.3 Å². The molecular formula is C21H20F5N3O3. The number of nitrogens with one attached hydrogen (secondary N) is 1. The lowest BCUT2D eigenvalue weighted by atomic mass is 10.1. The Bertz CT molecular complexity index is 975. The monoisotopic (exact) mass is 457 g/mol. The Morgan fingerprint density at radius 1 is 1.16 bits per heavy atom. The first-order valence-electron chi connectivity index (χ1n) is 9.78. The van der Waals surface area contributed by atoms with Gasteiger partial charge in [-0.2, -0.15) is 22.0 Å². The molecule has 0 aromatic carbocycles. The summed E-state index contributed by atoms with van der Waals surface area (Å²) in [7, 11) is 0. The minimum Gasteiger partial charge on any atom is -0.471 e. The van der Waals surface area contributed by atoms with Crippen LogP contribution in [0.4, 0.5) is 22.0 Å². The lowest BCUT2D eigenvalue weighted by molar-refractivity contribution is -0.290. The van der Waals surface area contributed by atoms with Gasteiger partial charge in [-0.05, 0) is 43.5 Å². The third-order valence-electron chi connectivity index (χ3n) is 4.89. The number of alkyl halides is 5. The molecule has 1 aliphatic carbocycles. The van der Waals surface area contributed by atoms with Crippen LogP contribution >= 0.6 is 0 Å². The van der Waals surface area contributed by atoms with Crippen LogP contribution in [0.1, 0.15) is 47.4 Å². The predicted octanol–water partition coefficient (Wildman–Crippen LogP) is 4.07. The SMILES string of the molecule is CC(NC(=O)c1ccc(OCC(F)(F)C(F)(F)F)nc1)c1ccnc(CC(=O)C2CC2)c1. The molecule has 3 rings (SSSR count). The first-order chi connectivity index (χ1) is 15.0. The number of pyridine rings is 2. The fraction of sp³-hybridized carbons (Fsp3) is 0.429. The summed E-state index contributed by atoms with van der Waals surface area (Å²) in [4.78, 5) is 32.2. The molecule has 2 heterocycles. The molecule has 1 aliphatic rings. The largest absolute Gasteiger partial charge is 0.471 e. The highest BCUT2D eigenvalue weighted by molar-refractivity contribution is 5.94. The van der Waals surface area contributed by atoms with Gasteiger partial charge in [0.05, 0.1) is 11.6 Å². The van der Waals surface area contributed by atoms with Gasteiger partial charge in [0.15, 0.2) is 6.61 Å². The quantitative estimate of drug-likeness (QED) is 0.575. The van der Waals surface area contributed by atoms with Crippen molar-refractivity contribution in [1.82, 2.24) is 15.3 Å². The second-order valence-corrected chi connectivity index (χ2v) is 7.57. The fourth-order valence-electron chi connectivity index (χ4n) is 2.80. The molecule has 32 heavy (non-hydrogen) atoms. The molecule has 0 spiro atoms. The van der Waals surface area contributed by atoms with Crippen molar-refractivity contribution in [3.05, 3.63) is 53.5 Å². The Labute approximate surface area is 180 Å². The molecule has 1 atom stereocenters. The van der Waals surface area contributed by atoms with Gasteiger partial charge in [0, 0.05) is 36.5 Å². The van der Waals surface area contributed by atoms with E-state index in [1.807, 2.05) is 0 Å². The standard InChI is InChI=1S/C21H20F5N3O3/c1-12(14-6-7-27-16(8-14)9-17(30)13-2-3-13)29-19(31)15-4-5-18(28-10-15)32-11-20(22,23)21(24,25)26/h4-8,10,12-13H,2-3,9,11H2,1H3,(H,29,31). The highest BCUT2D eigenvalue weighted by atomic mass is 19.4. The highest BCUT2D eigenvalue weighted by Crippen LogP contribution is 2.35. The smallest absolute Gasteiger partial charge is 0.456 e. The molecule has 1 amide bonds. The number of rotatable bonds is 9. The maximum Gasteiger partial charge on any atom is 0.456 e. The Morgan fingerprint density at radius 3 is 2.47 bits per heavy atom. The van der Waals surface area contributed by atoms with Gasteiger partial charge in [0.1, 0.15) is 5.78 Å². The molecule has 1 N–H and O–H groups in total. The number of carbonyl (C=O) groups is 2. The van der Waals surface area contributed by atoms with Crippen LogP contribution in [0, 0.1) is 5.92 Å². The van der Waals surface area contributed by atoms with Gasteiger partial charge >= 0.3 is 12.1 Å².